The molecule has 0 unspecified atom stereocenters. The molecule has 3 aromatic carbocycles. The molecule has 4 rings (SSSR count). The smallest absolute Gasteiger partial charge is 0.311 e. The molecule has 0 spiro atoms. The van der Waals surface area contributed by atoms with E-state index in [-0.39, 0.29) is 17.2 Å². The normalized spacial score (nSPS) is 11.4. The van der Waals surface area contributed by atoms with Crippen molar-refractivity contribution < 1.29 is 19.6 Å². The molecule has 8 nitrogen and oxygen atoms in total. The van der Waals surface area contributed by atoms with Crippen LogP contribution in [0, 0.1) is 24.0 Å². The summed E-state index contributed by atoms with van der Waals surface area (Å²) in [6.45, 7) is 3.96. The van der Waals surface area contributed by atoms with Gasteiger partial charge in [-0.05, 0) is 61.4 Å². The third-order valence-electron chi connectivity index (χ3n) is 4.81. The number of hydrogen-bond donors (Lipinski definition) is 2. The van der Waals surface area contributed by atoms with Crippen molar-refractivity contribution in [1.29, 1.82) is 0 Å². The van der Waals surface area contributed by atoms with E-state index in [2.05, 4.69) is 9.98 Å². The Bertz CT molecular complexity index is 1290. The molecule has 0 saturated heterocycles. The number of benzene rings is 3. The molecule has 1 aromatic heterocycles. The molecule has 2 N–H and O–H groups in total. The largest absolute Gasteiger partial charge is 0.507 e. The summed E-state index contributed by atoms with van der Waals surface area (Å²) in [5, 5.41) is 31.3. The Labute approximate surface area is 170 Å². The van der Waals surface area contributed by atoms with Crippen molar-refractivity contribution in [3.63, 3.8) is 0 Å². The van der Waals surface area contributed by atoms with Gasteiger partial charge in [0.2, 0.25) is 11.6 Å². The Kier molecular flexibility index (Phi) is 4.67. The quantitative estimate of drug-likeness (QED) is 0.275. The first kappa shape index (κ1) is 19.1. The number of phenolic OH excluding ortho intramolecular Hbond substituents is 2. The van der Waals surface area contributed by atoms with Crippen LogP contribution < -0.4 is 0 Å². The van der Waals surface area contributed by atoms with E-state index >= 15 is 0 Å². The number of hydrogen-bond acceptors (Lipinski definition) is 7. The second kappa shape index (κ2) is 7.32. The minimum Gasteiger partial charge on any atom is -0.507 e. The Morgan fingerprint density at radius 3 is 2.63 bits per heavy atom. The number of phenols is 2. The van der Waals surface area contributed by atoms with E-state index in [1.807, 2.05) is 26.0 Å². The zero-order valence-electron chi connectivity index (χ0n) is 16.2. The molecule has 0 fully saturated rings. The van der Waals surface area contributed by atoms with Crippen molar-refractivity contribution in [1.82, 2.24) is 4.98 Å². The van der Waals surface area contributed by atoms with Crippen LogP contribution in [-0.4, -0.2) is 26.3 Å². The molecule has 150 valence electrons. The summed E-state index contributed by atoms with van der Waals surface area (Å²) in [6.07, 6.45) is 1.32. The SMILES string of the molecule is Cc1cc2nc(-c3cc(N=Cc4cccc([N+](=O)[O-])c4O)ccc3O)oc2cc1C. The molecule has 0 aliphatic rings. The van der Waals surface area contributed by atoms with Gasteiger partial charge in [0.25, 0.3) is 0 Å². The van der Waals surface area contributed by atoms with Crippen LogP contribution in [0.25, 0.3) is 22.6 Å². The van der Waals surface area contributed by atoms with E-state index in [0.717, 1.165) is 11.1 Å². The summed E-state index contributed by atoms with van der Waals surface area (Å²) >= 11 is 0. The molecule has 8 heteroatoms. The number of fused-ring (bicyclic) bond motifs is 1. The fraction of sp³-hybridized carbons (Fsp3) is 0.0909. The van der Waals surface area contributed by atoms with Gasteiger partial charge >= 0.3 is 5.69 Å². The van der Waals surface area contributed by atoms with E-state index in [1.54, 1.807) is 12.1 Å². The van der Waals surface area contributed by atoms with Crippen LogP contribution in [0.3, 0.4) is 0 Å². The Morgan fingerprint density at radius 2 is 1.87 bits per heavy atom. The van der Waals surface area contributed by atoms with Gasteiger partial charge in [0.1, 0.15) is 11.3 Å². The number of para-hydroxylation sites is 1. The van der Waals surface area contributed by atoms with Gasteiger partial charge in [0.15, 0.2) is 5.58 Å². The van der Waals surface area contributed by atoms with Gasteiger partial charge in [-0.25, -0.2) is 4.98 Å². The highest BCUT2D eigenvalue weighted by Crippen LogP contribution is 2.35. The monoisotopic (exact) mass is 403 g/mol. The molecule has 4 aromatic rings. The van der Waals surface area contributed by atoms with Gasteiger partial charge in [0, 0.05) is 17.8 Å². The van der Waals surface area contributed by atoms with Gasteiger partial charge in [-0.15, -0.1) is 0 Å². The molecule has 0 amide bonds. The number of nitro benzene ring substituents is 1. The second-order valence-corrected chi connectivity index (χ2v) is 6.85. The third-order valence-corrected chi connectivity index (χ3v) is 4.81. The molecular weight excluding hydrogens is 386 g/mol. The van der Waals surface area contributed by atoms with Crippen molar-refractivity contribution in [3.8, 4) is 23.0 Å². The maximum absolute atomic E-state index is 11.0. The molecule has 0 atom stereocenters. The minimum atomic E-state index is -0.665. The molecule has 0 bridgehead atoms. The minimum absolute atomic E-state index is 0.0212. The zero-order chi connectivity index (χ0) is 21.4. The van der Waals surface area contributed by atoms with E-state index < -0.39 is 16.4 Å². The lowest BCUT2D eigenvalue weighted by Crippen LogP contribution is -1.91. The highest BCUT2D eigenvalue weighted by molar-refractivity contribution is 5.88. The number of aryl methyl sites for hydroxylation is 2. The fourth-order valence-corrected chi connectivity index (χ4v) is 3.02. The van der Waals surface area contributed by atoms with Crippen LogP contribution in [0.1, 0.15) is 16.7 Å². The van der Waals surface area contributed by atoms with Crippen LogP contribution in [0.5, 0.6) is 11.5 Å². The zero-order valence-corrected chi connectivity index (χ0v) is 16.2. The first-order chi connectivity index (χ1) is 14.3. The van der Waals surface area contributed by atoms with Crippen molar-refractivity contribution in [2.75, 3.05) is 0 Å². The van der Waals surface area contributed by atoms with Gasteiger partial charge in [-0.1, -0.05) is 6.07 Å². The van der Waals surface area contributed by atoms with Gasteiger partial charge in [-0.3, -0.25) is 15.1 Å². The topological polar surface area (TPSA) is 122 Å². The van der Waals surface area contributed by atoms with Gasteiger partial charge < -0.3 is 14.6 Å². The summed E-state index contributed by atoms with van der Waals surface area (Å²) in [5.41, 5.74) is 4.06. The molecule has 0 saturated carbocycles. The fourth-order valence-electron chi connectivity index (χ4n) is 3.02. The molecule has 0 radical (unpaired) electrons. The standard InChI is InChI=1S/C22H17N3O5/c1-12-8-17-20(9-13(12)2)30-22(24-17)16-10-15(6-7-19(16)26)23-11-14-4-3-5-18(21(14)27)25(28)29/h3-11,26-27H,1-2H3. The molecule has 1 heterocycles. The Morgan fingerprint density at radius 1 is 1.10 bits per heavy atom. The summed E-state index contributed by atoms with van der Waals surface area (Å²) < 4.78 is 5.81. The summed E-state index contributed by atoms with van der Waals surface area (Å²) in [4.78, 5) is 19.0. The van der Waals surface area contributed by atoms with E-state index in [0.29, 0.717) is 22.4 Å². The van der Waals surface area contributed by atoms with Crippen LogP contribution in [0.15, 0.2) is 57.9 Å². The second-order valence-electron chi connectivity index (χ2n) is 6.85. The molecule has 0 aliphatic heterocycles. The molecule has 30 heavy (non-hydrogen) atoms. The Hall–Kier alpha value is -4.20. The third kappa shape index (κ3) is 3.46. The average molecular weight is 403 g/mol. The number of oxazole rings is 1. The lowest BCUT2D eigenvalue weighted by atomic mass is 10.1. The average Bonchev–Trinajstić information content (AvgIpc) is 3.10. The van der Waals surface area contributed by atoms with Gasteiger partial charge in [0.05, 0.1) is 16.2 Å². The first-order valence-corrected chi connectivity index (χ1v) is 9.05. The number of aromatic nitrogens is 1. The molecule has 0 aliphatic carbocycles. The summed E-state index contributed by atoms with van der Waals surface area (Å²) in [6, 6.07) is 12.6. The van der Waals surface area contributed by atoms with Crippen molar-refractivity contribution in [3.05, 3.63) is 75.3 Å². The lowest BCUT2D eigenvalue weighted by molar-refractivity contribution is -0.385. The van der Waals surface area contributed by atoms with Crippen LogP contribution in [0.2, 0.25) is 0 Å². The number of nitro groups is 1. The van der Waals surface area contributed by atoms with Crippen molar-refractivity contribution in [2.24, 2.45) is 4.99 Å². The Balaban J connectivity index is 1.72. The maximum Gasteiger partial charge on any atom is 0.311 e. The van der Waals surface area contributed by atoms with E-state index in [9.17, 15) is 20.3 Å². The summed E-state index contributed by atoms with van der Waals surface area (Å²) in [5.74, 6) is -0.232. The highest BCUT2D eigenvalue weighted by Gasteiger charge is 2.16. The van der Waals surface area contributed by atoms with Crippen LogP contribution in [-0.2, 0) is 0 Å². The van der Waals surface area contributed by atoms with Crippen LogP contribution >= 0.6 is 0 Å². The highest BCUT2D eigenvalue weighted by atomic mass is 16.6. The van der Waals surface area contributed by atoms with Crippen molar-refractivity contribution in [2.45, 2.75) is 13.8 Å². The lowest BCUT2D eigenvalue weighted by Gasteiger charge is -2.02. The maximum atomic E-state index is 11.0. The number of rotatable bonds is 4. The number of nitrogens with zero attached hydrogens (tertiary/aromatic N) is 3. The predicted octanol–water partition coefficient (Wildman–Crippen LogP) is 5.18. The van der Waals surface area contributed by atoms with E-state index in [1.165, 1.54) is 30.5 Å². The molecular formula is C22H17N3O5. The van der Waals surface area contributed by atoms with E-state index in [4.69, 9.17) is 4.42 Å². The van der Waals surface area contributed by atoms with Gasteiger partial charge in [-0.2, -0.15) is 0 Å². The number of aliphatic imine (C=N–C) groups is 1. The summed E-state index contributed by atoms with van der Waals surface area (Å²) in [7, 11) is 0. The first-order valence-electron chi connectivity index (χ1n) is 9.05. The predicted molar refractivity (Wildman–Crippen MR) is 113 cm³/mol. The number of aromatic hydroxyl groups is 2. The van der Waals surface area contributed by atoms with Crippen LogP contribution in [0.4, 0.5) is 11.4 Å². The van der Waals surface area contributed by atoms with Crippen molar-refractivity contribution >= 4 is 28.7 Å².